The van der Waals surface area contributed by atoms with Crippen LogP contribution in [0, 0.1) is 0 Å². The number of aldehydes is 1. The molecule has 0 N–H and O–H groups in total. The number of nitrogens with zero attached hydrogens (tertiary/aromatic N) is 2. The van der Waals surface area contributed by atoms with E-state index >= 15 is 0 Å². The predicted molar refractivity (Wildman–Crippen MR) is 265 cm³/mol. The minimum absolute atomic E-state index is 0.200. The molecule has 3 aliphatic rings. The highest BCUT2D eigenvalue weighted by Crippen LogP contribution is 2.51. The van der Waals surface area contributed by atoms with Gasteiger partial charge in [-0.25, -0.2) is 0 Å². The summed E-state index contributed by atoms with van der Waals surface area (Å²) in [4.78, 5) is 13.7. The third-order valence-electron chi connectivity index (χ3n) is 13.1. The van der Waals surface area contributed by atoms with Crippen molar-refractivity contribution in [3.05, 3.63) is 161 Å². The number of rotatable bonds is 16. The molecule has 5 aromatic carbocycles. The smallest absolute Gasteiger partial charge is 0.210 e. The van der Waals surface area contributed by atoms with Crippen molar-refractivity contribution in [1.29, 1.82) is 0 Å². The first kappa shape index (κ1) is 42.9. The summed E-state index contributed by atoms with van der Waals surface area (Å²) < 4.78 is 9.60. The molecule has 0 saturated carbocycles. The fourth-order valence-corrected chi connectivity index (χ4v) is 10.5. The maximum Gasteiger partial charge on any atom is 0.210 e. The number of thiol groups is 2. The van der Waals surface area contributed by atoms with Crippen LogP contribution in [0.3, 0.4) is 0 Å². The molecule has 0 atom stereocenters. The lowest BCUT2D eigenvalue weighted by Gasteiger charge is -2.28. The average molecular weight is 846 g/mol. The summed E-state index contributed by atoms with van der Waals surface area (Å²) in [7, 11) is 0. The Balaban J connectivity index is 1.24. The molecule has 0 bridgehead atoms. The number of benzene rings is 5. The number of anilines is 1. The van der Waals surface area contributed by atoms with Gasteiger partial charge in [-0.3, -0.25) is 0 Å². The molecule has 5 aromatic rings. The highest BCUT2D eigenvalue weighted by molar-refractivity contribution is 7.80. The zero-order valence-electron chi connectivity index (χ0n) is 36.4. The third-order valence-corrected chi connectivity index (χ3v) is 13.8. The maximum absolute atomic E-state index is 11.1. The van der Waals surface area contributed by atoms with Crippen molar-refractivity contribution < 1.29 is 14.1 Å². The minimum atomic E-state index is -0.200. The van der Waals surface area contributed by atoms with Crippen LogP contribution in [0.2, 0.25) is 0 Å². The quantitative estimate of drug-likeness (QED) is 0.0449. The lowest BCUT2D eigenvalue weighted by Crippen LogP contribution is -2.28. The summed E-state index contributed by atoms with van der Waals surface area (Å²) in [6, 6.07) is 35.2. The molecule has 0 fully saturated rings. The number of hydrogen-bond acceptors (Lipinski definition) is 5. The fraction of sp³-hybridized carbons (Fsp3) is 0.345. The van der Waals surface area contributed by atoms with E-state index in [1.807, 2.05) is 0 Å². The molecule has 0 radical (unpaired) electrons. The van der Waals surface area contributed by atoms with E-state index in [1.54, 1.807) is 0 Å². The molecule has 2 aliphatic heterocycles. The Kier molecular flexibility index (Phi) is 13.1. The van der Waals surface area contributed by atoms with Gasteiger partial charge in [-0.05, 0) is 151 Å². The van der Waals surface area contributed by atoms with Gasteiger partial charge in [-0.15, -0.1) is 0 Å². The topological polar surface area (TPSA) is 32.5 Å². The molecule has 6 heteroatoms. The zero-order chi connectivity index (χ0) is 42.6. The van der Waals surface area contributed by atoms with Gasteiger partial charge in [0.15, 0.2) is 5.71 Å². The van der Waals surface area contributed by atoms with E-state index in [1.165, 1.54) is 66.6 Å². The number of aryl methyl sites for hydroxylation is 1. The Labute approximate surface area is 374 Å². The van der Waals surface area contributed by atoms with Gasteiger partial charge in [-0.1, -0.05) is 86.7 Å². The van der Waals surface area contributed by atoms with Crippen molar-refractivity contribution >= 4 is 70.2 Å². The lowest BCUT2D eigenvalue weighted by atomic mass is 9.78. The van der Waals surface area contributed by atoms with Crippen molar-refractivity contribution in [3.63, 3.8) is 0 Å². The first-order valence-electron chi connectivity index (χ1n) is 22.4. The molecule has 314 valence electrons. The van der Waals surface area contributed by atoms with Crippen LogP contribution in [-0.4, -0.2) is 41.2 Å². The van der Waals surface area contributed by atoms with E-state index in [2.05, 4.69) is 184 Å². The highest BCUT2D eigenvalue weighted by atomic mass is 32.1. The van der Waals surface area contributed by atoms with E-state index in [0.29, 0.717) is 6.42 Å². The summed E-state index contributed by atoms with van der Waals surface area (Å²) >= 11 is 9.13. The van der Waals surface area contributed by atoms with Gasteiger partial charge in [0.2, 0.25) is 5.69 Å². The third kappa shape index (κ3) is 8.55. The van der Waals surface area contributed by atoms with Crippen molar-refractivity contribution in [2.45, 2.75) is 96.3 Å². The predicted octanol–water partition coefficient (Wildman–Crippen LogP) is 13.6. The van der Waals surface area contributed by atoms with E-state index in [0.717, 1.165) is 99.3 Å². The zero-order valence-corrected chi connectivity index (χ0v) is 38.2. The molecule has 8 rings (SSSR count). The number of carbonyl (C=O) groups is 1. The molecule has 1 aliphatic carbocycles. The van der Waals surface area contributed by atoms with Gasteiger partial charge in [0.25, 0.3) is 0 Å². The minimum Gasteiger partial charge on any atom is -0.457 e. The van der Waals surface area contributed by atoms with E-state index in [4.69, 9.17) is 4.74 Å². The molecular formula is C55H61N2O2S2+. The van der Waals surface area contributed by atoms with Crippen molar-refractivity contribution in [3.8, 4) is 5.75 Å². The fourth-order valence-electron chi connectivity index (χ4n) is 10.1. The average Bonchev–Trinajstić information content (AvgIpc) is 3.63. The van der Waals surface area contributed by atoms with E-state index in [-0.39, 0.29) is 10.8 Å². The first-order chi connectivity index (χ1) is 29.7. The molecule has 2 heterocycles. The molecule has 0 aromatic heterocycles. The highest BCUT2D eigenvalue weighted by Gasteiger charge is 2.45. The van der Waals surface area contributed by atoms with Crippen LogP contribution < -0.4 is 9.64 Å². The van der Waals surface area contributed by atoms with Crippen LogP contribution >= 0.6 is 25.3 Å². The van der Waals surface area contributed by atoms with Crippen molar-refractivity contribution in [1.82, 2.24) is 0 Å². The molecular weight excluding hydrogens is 785 g/mol. The number of ether oxygens (including phenoxy) is 1. The summed E-state index contributed by atoms with van der Waals surface area (Å²) in [5, 5.41) is 5.22. The van der Waals surface area contributed by atoms with E-state index in [9.17, 15) is 4.79 Å². The van der Waals surface area contributed by atoms with Crippen molar-refractivity contribution in [2.24, 2.45) is 0 Å². The summed E-state index contributed by atoms with van der Waals surface area (Å²) in [6.07, 6.45) is 18.9. The van der Waals surface area contributed by atoms with Crippen LogP contribution in [0.25, 0.3) is 21.5 Å². The number of carbonyl (C=O) groups excluding carboxylic acids is 1. The van der Waals surface area contributed by atoms with Gasteiger partial charge in [0.05, 0.1) is 5.41 Å². The van der Waals surface area contributed by atoms with Crippen LogP contribution in [0.4, 0.5) is 11.4 Å². The molecule has 4 nitrogen and oxygen atoms in total. The second kappa shape index (κ2) is 18.7. The number of fused-ring (bicyclic) bond motifs is 6. The molecule has 61 heavy (non-hydrogen) atoms. The van der Waals surface area contributed by atoms with Crippen LogP contribution in [-0.2, 0) is 22.0 Å². The Morgan fingerprint density at radius 1 is 0.721 bits per heavy atom. The Morgan fingerprint density at radius 2 is 1.41 bits per heavy atom. The largest absolute Gasteiger partial charge is 0.457 e. The van der Waals surface area contributed by atoms with Crippen LogP contribution in [0.15, 0.2) is 144 Å². The Bertz CT molecular complexity index is 2590. The number of allylic oxidation sites excluding steroid dienone is 7. The second-order valence-electron chi connectivity index (χ2n) is 17.9. The van der Waals surface area contributed by atoms with Gasteiger partial charge in [0, 0.05) is 53.9 Å². The SMILES string of the molecule is CC1(C)C(/C=C/C2=C(Oc3ccc(CCC=O)cc3)C(=C/C=C3/N(CCCCS)c4ccc5ccccc5c4C3(C)C)/CCC2)=[N+](CCCCS)c2ccc3ccccc3c21. The monoisotopic (exact) mass is 845 g/mol. The molecule has 0 spiro atoms. The van der Waals surface area contributed by atoms with Gasteiger partial charge >= 0.3 is 0 Å². The molecule has 0 saturated heterocycles. The summed E-state index contributed by atoms with van der Waals surface area (Å²) in [6.45, 7) is 11.5. The van der Waals surface area contributed by atoms with Gasteiger partial charge in [0.1, 0.15) is 24.3 Å². The van der Waals surface area contributed by atoms with Gasteiger partial charge < -0.3 is 14.4 Å². The maximum atomic E-state index is 11.1. The summed E-state index contributed by atoms with van der Waals surface area (Å²) in [5.74, 6) is 3.53. The Hall–Kier alpha value is -4.78. The van der Waals surface area contributed by atoms with E-state index < -0.39 is 0 Å². The van der Waals surface area contributed by atoms with Crippen LogP contribution in [0.5, 0.6) is 5.75 Å². The number of unbranched alkanes of at least 4 members (excludes halogenated alkanes) is 2. The molecule has 0 unspecified atom stereocenters. The standard InChI is InChI=1S/C55H60N2O2S2/c1-54(2)49(56(34-9-11-37-60)47-30-24-40-16-5-7-20-45(40)51(47)54)32-26-42-18-13-19-43(53(42)59-44-28-22-39(23-29-44)15-14-36-58)27-33-50-55(3,4)52-46-21-8-6-17-41(46)25-31-48(52)57(50)35-10-12-38-61/h5-8,16-17,20-33,36H,9-15,18-19,34-35,37-38H2,1-4H3,(H-,60,61)/p+1. The lowest BCUT2D eigenvalue weighted by molar-refractivity contribution is -0.438. The number of hydrogen-bond donors (Lipinski definition) is 2. The summed E-state index contributed by atoms with van der Waals surface area (Å²) in [5.41, 5.74) is 11.2. The van der Waals surface area contributed by atoms with Crippen molar-refractivity contribution in [2.75, 3.05) is 29.5 Å². The van der Waals surface area contributed by atoms with Crippen LogP contribution in [0.1, 0.15) is 95.8 Å². The second-order valence-corrected chi connectivity index (χ2v) is 18.8. The first-order valence-corrected chi connectivity index (χ1v) is 23.7. The molecule has 0 amide bonds. The van der Waals surface area contributed by atoms with Gasteiger partial charge in [-0.2, -0.15) is 29.8 Å². The normalized spacial score (nSPS) is 18.3. The Morgan fingerprint density at radius 3 is 2.13 bits per heavy atom.